The molecule has 0 aliphatic carbocycles. The van der Waals surface area contributed by atoms with Crippen LogP contribution < -0.4 is 0 Å². The van der Waals surface area contributed by atoms with Crippen molar-refractivity contribution >= 4 is 10.9 Å². The standard InChI is InChI=1S/C11H9N3/c1-3-10-9(5-7-12-10)11(4-1)14-8-2-6-13-14/h1-8,12H. The van der Waals surface area contributed by atoms with Crippen LogP contribution in [0.5, 0.6) is 0 Å². The molecule has 14 heavy (non-hydrogen) atoms. The number of nitrogens with zero attached hydrogens (tertiary/aromatic N) is 2. The summed E-state index contributed by atoms with van der Waals surface area (Å²) < 4.78 is 1.87. The molecular weight excluding hydrogens is 174 g/mol. The maximum Gasteiger partial charge on any atom is 0.0739 e. The van der Waals surface area contributed by atoms with Gasteiger partial charge in [-0.2, -0.15) is 5.10 Å². The molecule has 0 radical (unpaired) electrons. The zero-order chi connectivity index (χ0) is 9.38. The third-order valence-electron chi connectivity index (χ3n) is 2.32. The summed E-state index contributed by atoms with van der Waals surface area (Å²) in [5.41, 5.74) is 2.24. The zero-order valence-corrected chi connectivity index (χ0v) is 7.51. The second kappa shape index (κ2) is 2.73. The van der Waals surface area contributed by atoms with E-state index in [0.29, 0.717) is 0 Å². The van der Waals surface area contributed by atoms with Crippen molar-refractivity contribution in [1.29, 1.82) is 0 Å². The molecule has 3 heteroatoms. The average Bonchev–Trinajstić information content (AvgIpc) is 2.88. The molecule has 1 N–H and O–H groups in total. The Balaban J connectivity index is 2.36. The van der Waals surface area contributed by atoms with Crippen LogP contribution in [-0.2, 0) is 0 Å². The molecule has 0 saturated heterocycles. The lowest BCUT2D eigenvalue weighted by atomic mass is 10.2. The molecular formula is C11H9N3. The largest absolute Gasteiger partial charge is 0.361 e. The van der Waals surface area contributed by atoms with Crippen LogP contribution in [0.25, 0.3) is 16.6 Å². The summed E-state index contributed by atoms with van der Waals surface area (Å²) in [7, 11) is 0. The highest BCUT2D eigenvalue weighted by atomic mass is 15.3. The van der Waals surface area contributed by atoms with E-state index in [4.69, 9.17) is 0 Å². The second-order valence-corrected chi connectivity index (χ2v) is 3.17. The van der Waals surface area contributed by atoms with Crippen molar-refractivity contribution in [2.24, 2.45) is 0 Å². The first-order valence-corrected chi connectivity index (χ1v) is 4.51. The molecule has 1 aromatic carbocycles. The van der Waals surface area contributed by atoms with Gasteiger partial charge in [0.05, 0.1) is 5.69 Å². The molecule has 2 aromatic heterocycles. The number of rotatable bonds is 1. The van der Waals surface area contributed by atoms with Crippen LogP contribution in [-0.4, -0.2) is 14.8 Å². The summed E-state index contributed by atoms with van der Waals surface area (Å²) in [5.74, 6) is 0. The van der Waals surface area contributed by atoms with Crippen molar-refractivity contribution < 1.29 is 0 Å². The van der Waals surface area contributed by atoms with Crippen molar-refractivity contribution in [3.8, 4) is 5.69 Å². The second-order valence-electron chi connectivity index (χ2n) is 3.17. The lowest BCUT2D eigenvalue weighted by Crippen LogP contribution is -1.93. The van der Waals surface area contributed by atoms with Crippen LogP contribution in [0, 0.1) is 0 Å². The lowest BCUT2D eigenvalue weighted by molar-refractivity contribution is 0.888. The first-order chi connectivity index (χ1) is 6.95. The summed E-state index contributed by atoms with van der Waals surface area (Å²) in [4.78, 5) is 3.18. The molecule has 2 heterocycles. The summed E-state index contributed by atoms with van der Waals surface area (Å²) in [6, 6.07) is 10.1. The summed E-state index contributed by atoms with van der Waals surface area (Å²) >= 11 is 0. The molecule has 68 valence electrons. The van der Waals surface area contributed by atoms with Crippen LogP contribution >= 0.6 is 0 Å². The molecule has 0 aliphatic rings. The SMILES string of the molecule is c1cc(-n2cccn2)c2cc[nH]c2c1. The Kier molecular flexibility index (Phi) is 1.44. The van der Waals surface area contributed by atoms with Gasteiger partial charge >= 0.3 is 0 Å². The fraction of sp³-hybridized carbons (Fsp3) is 0. The normalized spacial score (nSPS) is 10.9. The minimum atomic E-state index is 1.11. The quantitative estimate of drug-likeness (QED) is 0.617. The first kappa shape index (κ1) is 7.38. The Morgan fingerprint density at radius 1 is 1.14 bits per heavy atom. The molecule has 0 amide bonds. The van der Waals surface area contributed by atoms with Gasteiger partial charge in [-0.1, -0.05) is 6.07 Å². The van der Waals surface area contributed by atoms with E-state index in [1.807, 2.05) is 29.2 Å². The maximum absolute atomic E-state index is 4.22. The van der Waals surface area contributed by atoms with E-state index in [1.165, 1.54) is 5.39 Å². The lowest BCUT2D eigenvalue weighted by Gasteiger charge is -2.02. The van der Waals surface area contributed by atoms with Crippen LogP contribution in [0.15, 0.2) is 48.9 Å². The van der Waals surface area contributed by atoms with Gasteiger partial charge in [-0.3, -0.25) is 0 Å². The van der Waals surface area contributed by atoms with Gasteiger partial charge < -0.3 is 4.98 Å². The number of benzene rings is 1. The number of hydrogen-bond donors (Lipinski definition) is 1. The third kappa shape index (κ3) is 0.956. The molecule has 0 unspecified atom stereocenters. The van der Waals surface area contributed by atoms with Gasteiger partial charge in [-0.15, -0.1) is 0 Å². The highest BCUT2D eigenvalue weighted by Crippen LogP contribution is 2.20. The average molecular weight is 183 g/mol. The zero-order valence-electron chi connectivity index (χ0n) is 7.51. The van der Waals surface area contributed by atoms with Crippen molar-refractivity contribution in [2.75, 3.05) is 0 Å². The van der Waals surface area contributed by atoms with E-state index < -0.39 is 0 Å². The van der Waals surface area contributed by atoms with Crippen molar-refractivity contribution in [1.82, 2.24) is 14.8 Å². The number of fused-ring (bicyclic) bond motifs is 1. The van der Waals surface area contributed by atoms with Crippen LogP contribution in [0.4, 0.5) is 0 Å². The van der Waals surface area contributed by atoms with E-state index in [1.54, 1.807) is 6.20 Å². The van der Waals surface area contributed by atoms with E-state index in [-0.39, 0.29) is 0 Å². The fourth-order valence-electron chi connectivity index (χ4n) is 1.68. The van der Waals surface area contributed by atoms with Crippen LogP contribution in [0.1, 0.15) is 0 Å². The molecule has 0 aliphatic heterocycles. The van der Waals surface area contributed by atoms with Crippen LogP contribution in [0.3, 0.4) is 0 Å². The third-order valence-corrected chi connectivity index (χ3v) is 2.32. The molecule has 0 bridgehead atoms. The Labute approximate surface area is 81.0 Å². The highest BCUT2D eigenvalue weighted by Gasteiger charge is 2.02. The van der Waals surface area contributed by atoms with E-state index in [2.05, 4.69) is 28.3 Å². The smallest absolute Gasteiger partial charge is 0.0739 e. The van der Waals surface area contributed by atoms with Gasteiger partial charge in [0.25, 0.3) is 0 Å². The molecule has 3 aromatic rings. The minimum absolute atomic E-state index is 1.11. The Morgan fingerprint density at radius 2 is 2.14 bits per heavy atom. The van der Waals surface area contributed by atoms with E-state index in [0.717, 1.165) is 11.2 Å². The Hall–Kier alpha value is -2.03. The van der Waals surface area contributed by atoms with E-state index in [9.17, 15) is 0 Å². The molecule has 0 atom stereocenters. The fourth-order valence-corrected chi connectivity index (χ4v) is 1.68. The van der Waals surface area contributed by atoms with Crippen LogP contribution in [0.2, 0.25) is 0 Å². The summed E-state index contributed by atoms with van der Waals surface area (Å²) in [5, 5.41) is 5.41. The van der Waals surface area contributed by atoms with Gasteiger partial charge in [0.2, 0.25) is 0 Å². The number of hydrogen-bond acceptors (Lipinski definition) is 1. The van der Waals surface area contributed by atoms with E-state index >= 15 is 0 Å². The van der Waals surface area contributed by atoms with Crippen molar-refractivity contribution in [2.45, 2.75) is 0 Å². The summed E-state index contributed by atoms with van der Waals surface area (Å²) in [6.07, 6.45) is 5.67. The number of nitrogens with one attached hydrogen (secondary N) is 1. The molecule has 3 nitrogen and oxygen atoms in total. The van der Waals surface area contributed by atoms with Gasteiger partial charge in [-0.05, 0) is 24.3 Å². The van der Waals surface area contributed by atoms with Gasteiger partial charge in [-0.25, -0.2) is 4.68 Å². The molecule has 0 spiro atoms. The number of H-pyrrole nitrogens is 1. The maximum atomic E-state index is 4.22. The highest BCUT2D eigenvalue weighted by molar-refractivity contribution is 5.87. The molecule has 3 rings (SSSR count). The minimum Gasteiger partial charge on any atom is -0.361 e. The van der Waals surface area contributed by atoms with Crippen molar-refractivity contribution in [3.63, 3.8) is 0 Å². The number of aromatic nitrogens is 3. The predicted molar refractivity (Wildman–Crippen MR) is 55.4 cm³/mol. The number of aromatic amines is 1. The monoisotopic (exact) mass is 183 g/mol. The Morgan fingerprint density at radius 3 is 3.00 bits per heavy atom. The molecule has 0 fully saturated rings. The van der Waals surface area contributed by atoms with Gasteiger partial charge in [0.15, 0.2) is 0 Å². The van der Waals surface area contributed by atoms with Crippen molar-refractivity contribution in [3.05, 3.63) is 48.9 Å². The van der Waals surface area contributed by atoms with Gasteiger partial charge in [0.1, 0.15) is 0 Å². The topological polar surface area (TPSA) is 33.6 Å². The molecule has 0 saturated carbocycles. The predicted octanol–water partition coefficient (Wildman–Crippen LogP) is 2.35. The first-order valence-electron chi connectivity index (χ1n) is 4.51. The van der Waals surface area contributed by atoms with Gasteiger partial charge in [0, 0.05) is 29.5 Å². The summed E-state index contributed by atoms with van der Waals surface area (Å²) in [6.45, 7) is 0. The Bertz CT molecular complexity index is 549.